The summed E-state index contributed by atoms with van der Waals surface area (Å²) in [5.74, 6) is 1.36. The predicted molar refractivity (Wildman–Crippen MR) is 58.8 cm³/mol. The maximum Gasteiger partial charge on any atom is 0.222 e. The first kappa shape index (κ1) is 10.4. The van der Waals surface area contributed by atoms with E-state index in [0.717, 1.165) is 5.69 Å². The third kappa shape index (κ3) is 2.25. The van der Waals surface area contributed by atoms with E-state index in [1.54, 1.807) is 24.5 Å². The van der Waals surface area contributed by atoms with Gasteiger partial charge >= 0.3 is 0 Å². The van der Waals surface area contributed by atoms with Crippen molar-refractivity contribution in [3.63, 3.8) is 0 Å². The molecule has 2 rings (SSSR count). The molecule has 1 N–H and O–H groups in total. The average molecular weight is 217 g/mol. The van der Waals surface area contributed by atoms with Gasteiger partial charge in [-0.3, -0.25) is 4.79 Å². The summed E-state index contributed by atoms with van der Waals surface area (Å²) in [6.45, 7) is 3.27. The van der Waals surface area contributed by atoms with Crippen molar-refractivity contribution in [1.82, 2.24) is 9.97 Å². The van der Waals surface area contributed by atoms with Crippen molar-refractivity contribution in [2.45, 2.75) is 13.8 Å². The highest BCUT2D eigenvalue weighted by Gasteiger charge is 2.07. The van der Waals surface area contributed by atoms with Crippen LogP contribution in [-0.2, 0) is 4.79 Å². The van der Waals surface area contributed by atoms with Gasteiger partial charge in [0.15, 0.2) is 11.6 Å². The fourth-order valence-electron chi connectivity index (χ4n) is 1.33. The van der Waals surface area contributed by atoms with Crippen LogP contribution in [0.15, 0.2) is 28.9 Å². The van der Waals surface area contributed by atoms with Crippen molar-refractivity contribution in [2.75, 3.05) is 5.32 Å². The number of carbonyl (C=O) groups is 1. The molecule has 0 aliphatic heterocycles. The Balaban J connectivity index is 2.40. The zero-order chi connectivity index (χ0) is 11.5. The van der Waals surface area contributed by atoms with Gasteiger partial charge in [-0.2, -0.15) is 0 Å². The molecular formula is C11H11N3O2. The van der Waals surface area contributed by atoms with Crippen LogP contribution in [0, 0.1) is 6.92 Å². The first-order valence-electron chi connectivity index (χ1n) is 4.82. The third-order valence-electron chi connectivity index (χ3n) is 1.90. The standard InChI is InChI=1S/C11H11N3O2/c1-7-6-10(13-8(2)15)14-11(12-7)9-4-3-5-16-9/h3-6H,1-2H3,(H,12,13,14,15). The highest BCUT2D eigenvalue weighted by Crippen LogP contribution is 2.17. The second kappa shape index (κ2) is 4.14. The van der Waals surface area contributed by atoms with Crippen LogP contribution in [0.5, 0.6) is 0 Å². The van der Waals surface area contributed by atoms with Crippen LogP contribution < -0.4 is 5.32 Å². The van der Waals surface area contributed by atoms with Crippen LogP contribution in [0.2, 0.25) is 0 Å². The molecule has 0 radical (unpaired) electrons. The van der Waals surface area contributed by atoms with E-state index in [0.29, 0.717) is 17.4 Å². The highest BCUT2D eigenvalue weighted by atomic mass is 16.3. The first-order valence-corrected chi connectivity index (χ1v) is 4.82. The van der Waals surface area contributed by atoms with Crippen LogP contribution in [0.4, 0.5) is 5.82 Å². The number of hydrogen-bond donors (Lipinski definition) is 1. The lowest BCUT2D eigenvalue weighted by atomic mass is 10.3. The number of aryl methyl sites for hydroxylation is 1. The zero-order valence-corrected chi connectivity index (χ0v) is 9.02. The van der Waals surface area contributed by atoms with Gasteiger partial charge in [-0.25, -0.2) is 9.97 Å². The van der Waals surface area contributed by atoms with Gasteiger partial charge in [0, 0.05) is 18.7 Å². The number of rotatable bonds is 2. The number of furan rings is 1. The van der Waals surface area contributed by atoms with Gasteiger partial charge in [0.2, 0.25) is 5.91 Å². The van der Waals surface area contributed by atoms with Crippen molar-refractivity contribution in [3.8, 4) is 11.6 Å². The number of nitrogens with zero attached hydrogens (tertiary/aromatic N) is 2. The molecule has 0 aliphatic rings. The molecule has 0 spiro atoms. The second-order valence-corrected chi connectivity index (χ2v) is 3.38. The molecule has 2 aromatic heterocycles. The highest BCUT2D eigenvalue weighted by molar-refractivity contribution is 5.87. The smallest absolute Gasteiger partial charge is 0.222 e. The Morgan fingerprint density at radius 3 is 2.88 bits per heavy atom. The second-order valence-electron chi connectivity index (χ2n) is 3.38. The van der Waals surface area contributed by atoms with Crippen LogP contribution in [0.1, 0.15) is 12.6 Å². The van der Waals surface area contributed by atoms with Crippen LogP contribution in [-0.4, -0.2) is 15.9 Å². The Hall–Kier alpha value is -2.17. The van der Waals surface area contributed by atoms with Crippen molar-refractivity contribution < 1.29 is 9.21 Å². The van der Waals surface area contributed by atoms with E-state index in [-0.39, 0.29) is 5.91 Å². The minimum absolute atomic E-state index is 0.163. The first-order chi connectivity index (χ1) is 7.65. The molecule has 5 nitrogen and oxygen atoms in total. The molecule has 0 saturated heterocycles. The summed E-state index contributed by atoms with van der Waals surface area (Å²) < 4.78 is 5.20. The third-order valence-corrected chi connectivity index (χ3v) is 1.90. The molecule has 0 fully saturated rings. The SMILES string of the molecule is CC(=O)Nc1cc(C)nc(-c2ccco2)n1. The van der Waals surface area contributed by atoms with E-state index in [1.165, 1.54) is 6.92 Å². The quantitative estimate of drug-likeness (QED) is 0.835. The predicted octanol–water partition coefficient (Wildman–Crippen LogP) is 2.00. The fraction of sp³-hybridized carbons (Fsp3) is 0.182. The lowest BCUT2D eigenvalue weighted by Gasteiger charge is -2.04. The van der Waals surface area contributed by atoms with Crippen molar-refractivity contribution >= 4 is 11.7 Å². The Kier molecular flexibility index (Phi) is 2.68. The molecule has 0 atom stereocenters. The van der Waals surface area contributed by atoms with Gasteiger partial charge in [-0.1, -0.05) is 0 Å². The number of hydrogen-bond acceptors (Lipinski definition) is 4. The summed E-state index contributed by atoms with van der Waals surface area (Å²) in [5.41, 5.74) is 0.769. The van der Waals surface area contributed by atoms with Gasteiger partial charge in [-0.05, 0) is 19.1 Å². The Morgan fingerprint density at radius 1 is 1.44 bits per heavy atom. The maximum absolute atomic E-state index is 10.9. The van der Waals surface area contributed by atoms with E-state index < -0.39 is 0 Å². The summed E-state index contributed by atoms with van der Waals surface area (Å²) in [6.07, 6.45) is 1.55. The Morgan fingerprint density at radius 2 is 2.25 bits per heavy atom. The number of nitrogens with one attached hydrogen (secondary N) is 1. The molecule has 82 valence electrons. The maximum atomic E-state index is 10.9. The van der Waals surface area contributed by atoms with E-state index in [4.69, 9.17) is 4.42 Å². The number of anilines is 1. The lowest BCUT2D eigenvalue weighted by molar-refractivity contribution is -0.114. The molecule has 0 aliphatic carbocycles. The molecular weight excluding hydrogens is 206 g/mol. The molecule has 16 heavy (non-hydrogen) atoms. The molecule has 0 unspecified atom stereocenters. The number of carbonyl (C=O) groups excluding carboxylic acids is 1. The van der Waals surface area contributed by atoms with E-state index in [2.05, 4.69) is 15.3 Å². The number of aromatic nitrogens is 2. The summed E-state index contributed by atoms with van der Waals surface area (Å²) in [5, 5.41) is 2.62. The molecule has 2 heterocycles. The zero-order valence-electron chi connectivity index (χ0n) is 9.02. The van der Waals surface area contributed by atoms with Gasteiger partial charge < -0.3 is 9.73 Å². The van der Waals surface area contributed by atoms with Crippen LogP contribution in [0.3, 0.4) is 0 Å². The molecule has 0 saturated carbocycles. The van der Waals surface area contributed by atoms with Gasteiger partial charge in [0.05, 0.1) is 6.26 Å². The molecule has 0 aromatic carbocycles. The average Bonchev–Trinajstić information content (AvgIpc) is 2.67. The number of amides is 1. The Bertz CT molecular complexity index is 506. The summed E-state index contributed by atoms with van der Waals surface area (Å²) in [7, 11) is 0. The van der Waals surface area contributed by atoms with Gasteiger partial charge in [0.1, 0.15) is 5.82 Å². The monoisotopic (exact) mass is 217 g/mol. The van der Waals surface area contributed by atoms with Crippen molar-refractivity contribution in [1.29, 1.82) is 0 Å². The van der Waals surface area contributed by atoms with E-state index >= 15 is 0 Å². The summed E-state index contributed by atoms with van der Waals surface area (Å²) in [6, 6.07) is 5.24. The van der Waals surface area contributed by atoms with Gasteiger partial charge in [-0.15, -0.1) is 0 Å². The minimum Gasteiger partial charge on any atom is -0.461 e. The minimum atomic E-state index is -0.163. The van der Waals surface area contributed by atoms with Gasteiger partial charge in [0.25, 0.3) is 0 Å². The van der Waals surface area contributed by atoms with Crippen LogP contribution >= 0.6 is 0 Å². The molecule has 0 bridgehead atoms. The normalized spacial score (nSPS) is 10.1. The van der Waals surface area contributed by atoms with E-state index in [9.17, 15) is 4.79 Å². The molecule has 2 aromatic rings. The fourth-order valence-corrected chi connectivity index (χ4v) is 1.33. The Labute approximate surface area is 92.5 Å². The van der Waals surface area contributed by atoms with Crippen molar-refractivity contribution in [2.24, 2.45) is 0 Å². The van der Waals surface area contributed by atoms with E-state index in [1.807, 2.05) is 6.92 Å². The summed E-state index contributed by atoms with van der Waals surface area (Å²) in [4.78, 5) is 19.3. The van der Waals surface area contributed by atoms with Crippen molar-refractivity contribution in [3.05, 3.63) is 30.2 Å². The molecule has 5 heteroatoms. The van der Waals surface area contributed by atoms with Crippen LogP contribution in [0.25, 0.3) is 11.6 Å². The summed E-state index contributed by atoms with van der Waals surface area (Å²) >= 11 is 0. The lowest BCUT2D eigenvalue weighted by Crippen LogP contribution is -2.08. The molecule has 1 amide bonds. The largest absolute Gasteiger partial charge is 0.461 e. The topological polar surface area (TPSA) is 68.0 Å².